The molecule has 6 nitrogen and oxygen atoms in total. The molecule has 0 spiro atoms. The van der Waals surface area contributed by atoms with Gasteiger partial charge in [0.25, 0.3) is 0 Å². The topological polar surface area (TPSA) is 74.6 Å². The molecular weight excluding hydrogens is 264 g/mol. The van der Waals surface area contributed by atoms with Crippen molar-refractivity contribution in [3.8, 4) is 0 Å². The lowest BCUT2D eigenvalue weighted by atomic mass is 10.2. The second kappa shape index (κ2) is 5.55. The van der Waals surface area contributed by atoms with Gasteiger partial charge in [-0.2, -0.15) is 5.10 Å². The molecule has 3 rings (SSSR count). The van der Waals surface area contributed by atoms with Crippen LogP contribution < -0.4 is 5.73 Å². The van der Waals surface area contributed by atoms with E-state index >= 15 is 0 Å². The maximum absolute atomic E-state index is 6.09. The smallest absolute Gasteiger partial charge is 0.202 e. The Labute approximate surface area is 123 Å². The number of rotatable bonds is 5. The van der Waals surface area contributed by atoms with Crippen molar-refractivity contribution in [1.29, 1.82) is 0 Å². The van der Waals surface area contributed by atoms with E-state index in [1.807, 2.05) is 28.6 Å². The first-order valence-electron chi connectivity index (χ1n) is 7.27. The zero-order valence-corrected chi connectivity index (χ0v) is 12.5. The lowest BCUT2D eigenvalue weighted by molar-refractivity contribution is 0.673. The van der Waals surface area contributed by atoms with Gasteiger partial charge in [-0.15, -0.1) is 0 Å². The molecule has 21 heavy (non-hydrogen) atoms. The second-order valence-corrected chi connectivity index (χ2v) is 5.23. The quantitative estimate of drug-likeness (QED) is 0.777. The summed E-state index contributed by atoms with van der Waals surface area (Å²) in [6.45, 7) is 2.92. The molecule has 0 radical (unpaired) electrons. The van der Waals surface area contributed by atoms with Crippen LogP contribution in [0.4, 0.5) is 5.95 Å². The summed E-state index contributed by atoms with van der Waals surface area (Å²) in [5.41, 5.74) is 10.2. The Kier molecular flexibility index (Phi) is 3.60. The SMILES string of the molecule is CCCc1nn(C)c2c1nc(N)n2CCc1cccnc1. The van der Waals surface area contributed by atoms with Crippen LogP contribution in [0.3, 0.4) is 0 Å². The van der Waals surface area contributed by atoms with Gasteiger partial charge >= 0.3 is 0 Å². The van der Waals surface area contributed by atoms with Gasteiger partial charge in [-0.3, -0.25) is 14.2 Å². The third-order valence-corrected chi connectivity index (χ3v) is 3.65. The van der Waals surface area contributed by atoms with E-state index in [9.17, 15) is 0 Å². The van der Waals surface area contributed by atoms with E-state index in [0.717, 1.165) is 42.7 Å². The van der Waals surface area contributed by atoms with E-state index in [-0.39, 0.29) is 0 Å². The monoisotopic (exact) mass is 284 g/mol. The molecule has 0 atom stereocenters. The van der Waals surface area contributed by atoms with Gasteiger partial charge in [0.2, 0.25) is 5.95 Å². The van der Waals surface area contributed by atoms with Crippen molar-refractivity contribution < 1.29 is 0 Å². The minimum atomic E-state index is 0.555. The van der Waals surface area contributed by atoms with Gasteiger partial charge in [0.15, 0.2) is 5.65 Å². The summed E-state index contributed by atoms with van der Waals surface area (Å²) in [6, 6.07) is 4.02. The highest BCUT2D eigenvalue weighted by Gasteiger charge is 2.17. The fraction of sp³-hybridized carbons (Fsp3) is 0.400. The molecule has 2 N–H and O–H groups in total. The minimum Gasteiger partial charge on any atom is -0.369 e. The number of nitrogens with two attached hydrogens (primary N) is 1. The molecule has 0 aliphatic carbocycles. The molecule has 3 aromatic rings. The summed E-state index contributed by atoms with van der Waals surface area (Å²) < 4.78 is 3.92. The van der Waals surface area contributed by atoms with Crippen LogP contribution in [0.15, 0.2) is 24.5 Å². The van der Waals surface area contributed by atoms with E-state index in [4.69, 9.17) is 5.73 Å². The maximum atomic E-state index is 6.09. The molecule has 0 aliphatic rings. The highest BCUT2D eigenvalue weighted by atomic mass is 15.3. The molecular formula is C15H20N6. The van der Waals surface area contributed by atoms with Crippen molar-refractivity contribution in [2.24, 2.45) is 7.05 Å². The Hall–Kier alpha value is -2.37. The lowest BCUT2D eigenvalue weighted by Gasteiger charge is -2.06. The number of hydrogen-bond acceptors (Lipinski definition) is 4. The molecule has 3 aromatic heterocycles. The van der Waals surface area contributed by atoms with Gasteiger partial charge in [-0.05, 0) is 24.5 Å². The van der Waals surface area contributed by atoms with E-state index in [1.165, 1.54) is 5.56 Å². The number of pyridine rings is 1. The summed E-state index contributed by atoms with van der Waals surface area (Å²) in [7, 11) is 1.95. The molecule has 0 fully saturated rings. The van der Waals surface area contributed by atoms with Gasteiger partial charge in [-0.25, -0.2) is 4.98 Å². The zero-order valence-electron chi connectivity index (χ0n) is 12.5. The molecule has 3 heterocycles. The van der Waals surface area contributed by atoms with Crippen molar-refractivity contribution in [3.63, 3.8) is 0 Å². The fourth-order valence-corrected chi connectivity index (χ4v) is 2.67. The van der Waals surface area contributed by atoms with Gasteiger partial charge in [-0.1, -0.05) is 19.4 Å². The van der Waals surface area contributed by atoms with Crippen LogP contribution in [0, 0.1) is 0 Å². The Morgan fingerprint density at radius 1 is 1.29 bits per heavy atom. The van der Waals surface area contributed by atoms with Crippen LogP contribution in [0.5, 0.6) is 0 Å². The standard InChI is InChI=1S/C15H20N6/c1-3-5-12-13-14(20(2)19-12)21(15(16)18-13)9-7-11-6-4-8-17-10-11/h4,6,8,10H,3,5,7,9H2,1-2H3,(H2,16,18). The molecule has 6 heteroatoms. The maximum Gasteiger partial charge on any atom is 0.202 e. The third kappa shape index (κ3) is 2.49. The van der Waals surface area contributed by atoms with E-state index in [0.29, 0.717) is 5.95 Å². The van der Waals surface area contributed by atoms with Crippen LogP contribution in [0.1, 0.15) is 24.6 Å². The largest absolute Gasteiger partial charge is 0.369 e. The molecule has 0 unspecified atom stereocenters. The minimum absolute atomic E-state index is 0.555. The van der Waals surface area contributed by atoms with Crippen LogP contribution in [0.25, 0.3) is 11.2 Å². The average molecular weight is 284 g/mol. The molecule has 0 saturated carbocycles. The van der Waals surface area contributed by atoms with Crippen molar-refractivity contribution in [2.45, 2.75) is 32.7 Å². The van der Waals surface area contributed by atoms with Crippen molar-refractivity contribution in [3.05, 3.63) is 35.8 Å². The number of fused-ring (bicyclic) bond motifs is 1. The number of hydrogen-bond donors (Lipinski definition) is 1. The van der Waals surface area contributed by atoms with E-state index < -0.39 is 0 Å². The fourth-order valence-electron chi connectivity index (χ4n) is 2.67. The second-order valence-electron chi connectivity index (χ2n) is 5.23. The normalized spacial score (nSPS) is 11.3. The Morgan fingerprint density at radius 2 is 2.14 bits per heavy atom. The highest BCUT2D eigenvalue weighted by Crippen LogP contribution is 2.22. The summed E-state index contributed by atoms with van der Waals surface area (Å²) >= 11 is 0. The summed E-state index contributed by atoms with van der Waals surface area (Å²) in [6.07, 6.45) is 6.52. The number of nitrogen functional groups attached to an aromatic ring is 1. The summed E-state index contributed by atoms with van der Waals surface area (Å²) in [4.78, 5) is 8.65. The molecule has 0 aromatic carbocycles. The molecule has 0 aliphatic heterocycles. The van der Waals surface area contributed by atoms with Crippen LogP contribution in [-0.2, 0) is 26.4 Å². The highest BCUT2D eigenvalue weighted by molar-refractivity contribution is 5.77. The Bertz CT molecular complexity index is 740. The number of aryl methyl sites for hydroxylation is 4. The average Bonchev–Trinajstić information content (AvgIpc) is 2.96. The first kappa shape index (κ1) is 13.6. The van der Waals surface area contributed by atoms with Gasteiger partial charge in [0.05, 0.1) is 5.69 Å². The Morgan fingerprint density at radius 3 is 2.86 bits per heavy atom. The number of imidazole rings is 1. The predicted octanol–water partition coefficient (Wildman–Crippen LogP) is 1.94. The molecule has 0 saturated heterocycles. The van der Waals surface area contributed by atoms with Crippen LogP contribution in [0.2, 0.25) is 0 Å². The van der Waals surface area contributed by atoms with E-state index in [2.05, 4.69) is 28.1 Å². The van der Waals surface area contributed by atoms with Gasteiger partial charge < -0.3 is 5.73 Å². The van der Waals surface area contributed by atoms with Crippen LogP contribution >= 0.6 is 0 Å². The third-order valence-electron chi connectivity index (χ3n) is 3.65. The van der Waals surface area contributed by atoms with Gasteiger partial charge in [0, 0.05) is 26.0 Å². The first-order chi connectivity index (χ1) is 10.2. The molecule has 0 bridgehead atoms. The Balaban J connectivity index is 1.93. The number of nitrogens with zero attached hydrogens (tertiary/aromatic N) is 5. The van der Waals surface area contributed by atoms with Crippen LogP contribution in [-0.4, -0.2) is 24.3 Å². The lowest BCUT2D eigenvalue weighted by Crippen LogP contribution is -2.09. The number of aromatic nitrogens is 5. The van der Waals surface area contributed by atoms with Crippen molar-refractivity contribution in [2.75, 3.05) is 5.73 Å². The zero-order chi connectivity index (χ0) is 14.8. The predicted molar refractivity (Wildman–Crippen MR) is 82.8 cm³/mol. The molecule has 0 amide bonds. The summed E-state index contributed by atoms with van der Waals surface area (Å²) in [5.74, 6) is 0.555. The van der Waals surface area contributed by atoms with Gasteiger partial charge in [0.1, 0.15) is 5.52 Å². The number of anilines is 1. The van der Waals surface area contributed by atoms with Crippen molar-refractivity contribution in [1.82, 2.24) is 24.3 Å². The first-order valence-corrected chi connectivity index (χ1v) is 7.27. The van der Waals surface area contributed by atoms with Crippen molar-refractivity contribution >= 4 is 17.1 Å². The van der Waals surface area contributed by atoms with E-state index in [1.54, 1.807) is 6.20 Å². The summed E-state index contributed by atoms with van der Waals surface area (Å²) in [5, 5.41) is 4.56. The molecule has 110 valence electrons.